The van der Waals surface area contributed by atoms with E-state index >= 15 is 0 Å². The summed E-state index contributed by atoms with van der Waals surface area (Å²) < 4.78 is 12.6. The maximum atomic E-state index is 12.9. The summed E-state index contributed by atoms with van der Waals surface area (Å²) >= 11 is 1.33. The number of amides is 2. The zero-order chi connectivity index (χ0) is 21.1. The first-order valence-electron chi connectivity index (χ1n) is 9.62. The van der Waals surface area contributed by atoms with Gasteiger partial charge in [-0.25, -0.2) is 4.98 Å². The number of morpholine rings is 1. The van der Waals surface area contributed by atoms with Gasteiger partial charge in [0.25, 0.3) is 11.8 Å². The molecule has 0 aromatic carbocycles. The maximum absolute atomic E-state index is 12.9. The fourth-order valence-electron chi connectivity index (χ4n) is 3.51. The molecule has 0 aliphatic carbocycles. The molecule has 10 heteroatoms. The van der Waals surface area contributed by atoms with Crippen molar-refractivity contribution in [1.29, 1.82) is 0 Å². The molecule has 1 N–H and O–H groups in total. The summed E-state index contributed by atoms with van der Waals surface area (Å²) in [5.41, 5.74) is 1.31. The van der Waals surface area contributed by atoms with E-state index in [0.29, 0.717) is 43.3 Å². The summed E-state index contributed by atoms with van der Waals surface area (Å²) in [4.78, 5) is 33.2. The number of nitrogens with zero attached hydrogens (tertiary/aromatic N) is 4. The van der Waals surface area contributed by atoms with Crippen molar-refractivity contribution in [2.24, 2.45) is 7.05 Å². The second-order valence-corrected chi connectivity index (χ2v) is 7.96. The number of thiophene rings is 1. The third-order valence-corrected chi connectivity index (χ3v) is 6.06. The van der Waals surface area contributed by atoms with Crippen LogP contribution >= 0.6 is 11.3 Å². The van der Waals surface area contributed by atoms with Gasteiger partial charge in [-0.05, 0) is 6.07 Å². The van der Waals surface area contributed by atoms with E-state index in [1.807, 2.05) is 12.1 Å². The lowest BCUT2D eigenvalue weighted by Crippen LogP contribution is -2.42. The van der Waals surface area contributed by atoms with Gasteiger partial charge in [0, 0.05) is 50.6 Å². The van der Waals surface area contributed by atoms with Crippen LogP contribution in [0.3, 0.4) is 0 Å². The van der Waals surface area contributed by atoms with Gasteiger partial charge >= 0.3 is 0 Å². The van der Waals surface area contributed by atoms with Gasteiger partial charge in [-0.1, -0.05) is 6.07 Å². The van der Waals surface area contributed by atoms with Crippen molar-refractivity contribution in [1.82, 2.24) is 25.0 Å². The molecule has 9 nitrogen and oxygen atoms in total. The van der Waals surface area contributed by atoms with Crippen LogP contribution in [0.25, 0.3) is 10.2 Å². The highest BCUT2D eigenvalue weighted by molar-refractivity contribution is 7.20. The van der Waals surface area contributed by atoms with E-state index in [1.54, 1.807) is 42.3 Å². The summed E-state index contributed by atoms with van der Waals surface area (Å²) in [6, 6.07) is 3.78. The Hall–Kier alpha value is -2.82. The molecule has 0 spiro atoms. The van der Waals surface area contributed by atoms with E-state index in [-0.39, 0.29) is 11.8 Å². The van der Waals surface area contributed by atoms with Gasteiger partial charge in [-0.15, -0.1) is 11.3 Å². The molecule has 3 aromatic rings. The van der Waals surface area contributed by atoms with Crippen LogP contribution in [0.5, 0.6) is 0 Å². The van der Waals surface area contributed by atoms with Gasteiger partial charge in [-0.2, -0.15) is 5.10 Å². The number of carbonyl (C=O) groups excluding carboxylic acids is 2. The summed E-state index contributed by atoms with van der Waals surface area (Å²) in [6.07, 6.45) is 4.55. The molecular weight excluding hydrogens is 406 g/mol. The van der Waals surface area contributed by atoms with Crippen LogP contribution < -0.4 is 5.32 Å². The Morgan fingerprint density at radius 1 is 1.43 bits per heavy atom. The molecule has 4 heterocycles. The van der Waals surface area contributed by atoms with Crippen LogP contribution in [0.15, 0.2) is 30.7 Å². The molecular formula is C20H23N5O4S. The minimum absolute atomic E-state index is 0.0971. The number of pyridine rings is 1. The molecule has 0 radical (unpaired) electrons. The molecule has 3 aromatic heterocycles. The molecule has 4 rings (SSSR count). The van der Waals surface area contributed by atoms with Crippen LogP contribution in [0.2, 0.25) is 0 Å². The Bertz CT molecular complexity index is 1060. The fraction of sp³-hybridized carbons (Fsp3) is 0.400. The van der Waals surface area contributed by atoms with E-state index in [4.69, 9.17) is 9.47 Å². The number of rotatable bonds is 6. The predicted molar refractivity (Wildman–Crippen MR) is 112 cm³/mol. The Morgan fingerprint density at radius 3 is 3.07 bits per heavy atom. The van der Waals surface area contributed by atoms with Crippen molar-refractivity contribution in [3.05, 3.63) is 46.7 Å². The quantitative estimate of drug-likeness (QED) is 0.598. The zero-order valence-corrected chi connectivity index (χ0v) is 17.6. The molecule has 0 bridgehead atoms. The van der Waals surface area contributed by atoms with Crippen LogP contribution in [0, 0.1) is 0 Å². The van der Waals surface area contributed by atoms with Gasteiger partial charge in [0.2, 0.25) is 0 Å². The van der Waals surface area contributed by atoms with Gasteiger partial charge in [0.05, 0.1) is 31.5 Å². The molecule has 1 unspecified atom stereocenters. The van der Waals surface area contributed by atoms with E-state index in [9.17, 15) is 9.59 Å². The van der Waals surface area contributed by atoms with Crippen LogP contribution in [-0.2, 0) is 16.5 Å². The third-order valence-electron chi connectivity index (χ3n) is 4.93. The normalized spacial score (nSPS) is 16.7. The van der Waals surface area contributed by atoms with Crippen molar-refractivity contribution < 1.29 is 19.1 Å². The van der Waals surface area contributed by atoms with Crippen LogP contribution in [-0.4, -0.2) is 71.4 Å². The van der Waals surface area contributed by atoms with Crippen molar-refractivity contribution in [2.45, 2.75) is 6.10 Å². The number of aromatic nitrogens is 3. The lowest BCUT2D eigenvalue weighted by atomic mass is 10.0. The largest absolute Gasteiger partial charge is 0.383 e. The number of hydrogen-bond donors (Lipinski definition) is 1. The smallest absolute Gasteiger partial charge is 0.261 e. The van der Waals surface area contributed by atoms with Crippen LogP contribution in [0.4, 0.5) is 0 Å². The number of aryl methyl sites for hydroxylation is 1. The van der Waals surface area contributed by atoms with Crippen molar-refractivity contribution in [3.63, 3.8) is 0 Å². The SMILES string of the molecule is COCCNC(=O)c1sc2ncccc2c1C1CN(C(=O)c2cnn(C)c2)CCO1. The highest BCUT2D eigenvalue weighted by Gasteiger charge is 2.32. The van der Waals surface area contributed by atoms with E-state index in [0.717, 1.165) is 15.8 Å². The highest BCUT2D eigenvalue weighted by atomic mass is 32.1. The lowest BCUT2D eigenvalue weighted by molar-refractivity contribution is -0.0222. The molecule has 1 atom stereocenters. The topological polar surface area (TPSA) is 98.6 Å². The number of ether oxygens (including phenoxy) is 2. The number of nitrogens with one attached hydrogen (secondary N) is 1. The molecule has 1 saturated heterocycles. The zero-order valence-electron chi connectivity index (χ0n) is 16.8. The summed E-state index contributed by atoms with van der Waals surface area (Å²) in [6.45, 7) is 2.07. The first kappa shape index (κ1) is 20.5. The van der Waals surface area contributed by atoms with E-state index in [1.165, 1.54) is 11.3 Å². The van der Waals surface area contributed by atoms with E-state index in [2.05, 4.69) is 15.4 Å². The minimum Gasteiger partial charge on any atom is -0.383 e. The van der Waals surface area contributed by atoms with Gasteiger partial charge in [-0.3, -0.25) is 14.3 Å². The van der Waals surface area contributed by atoms with Gasteiger partial charge in [0.1, 0.15) is 15.8 Å². The second kappa shape index (κ2) is 8.90. The fourth-order valence-corrected chi connectivity index (χ4v) is 4.62. The monoisotopic (exact) mass is 429 g/mol. The van der Waals surface area contributed by atoms with Gasteiger partial charge < -0.3 is 19.7 Å². The minimum atomic E-state index is -0.416. The first-order valence-corrected chi connectivity index (χ1v) is 10.4. The number of hydrogen-bond acceptors (Lipinski definition) is 7. The first-order chi connectivity index (χ1) is 14.6. The molecule has 1 fully saturated rings. The molecule has 0 saturated carbocycles. The Morgan fingerprint density at radius 2 is 2.30 bits per heavy atom. The summed E-state index contributed by atoms with van der Waals surface area (Å²) in [5.74, 6) is -0.287. The molecule has 30 heavy (non-hydrogen) atoms. The highest BCUT2D eigenvalue weighted by Crippen LogP contribution is 2.37. The number of fused-ring (bicyclic) bond motifs is 1. The standard InChI is InChI=1S/C20H23N5O4S/c1-24-11-13(10-23-24)20(27)25-7-9-29-15(12-25)16-14-4-3-5-22-19(14)30-17(16)18(26)21-6-8-28-2/h3-5,10-11,15H,6-9,12H2,1-2H3,(H,21,26). The number of methoxy groups -OCH3 is 1. The van der Waals surface area contributed by atoms with Crippen LogP contribution in [0.1, 0.15) is 31.7 Å². The molecule has 2 amide bonds. The maximum Gasteiger partial charge on any atom is 0.261 e. The summed E-state index contributed by atoms with van der Waals surface area (Å²) in [5, 5.41) is 7.83. The Kier molecular flexibility index (Phi) is 6.07. The average molecular weight is 430 g/mol. The van der Waals surface area contributed by atoms with Crippen molar-refractivity contribution in [3.8, 4) is 0 Å². The molecule has 1 aliphatic rings. The molecule has 1 aliphatic heterocycles. The number of carbonyl (C=O) groups is 2. The average Bonchev–Trinajstić information content (AvgIpc) is 3.37. The van der Waals surface area contributed by atoms with E-state index < -0.39 is 6.10 Å². The summed E-state index contributed by atoms with van der Waals surface area (Å²) in [7, 11) is 3.36. The van der Waals surface area contributed by atoms with Crippen molar-refractivity contribution >= 4 is 33.4 Å². The van der Waals surface area contributed by atoms with Crippen molar-refractivity contribution in [2.75, 3.05) is 40.0 Å². The third kappa shape index (κ3) is 4.07. The lowest BCUT2D eigenvalue weighted by Gasteiger charge is -2.33. The second-order valence-electron chi connectivity index (χ2n) is 6.96. The van der Waals surface area contributed by atoms with Gasteiger partial charge in [0.15, 0.2) is 0 Å². The Labute approximate surface area is 177 Å². The molecule has 158 valence electrons. The predicted octanol–water partition coefficient (Wildman–Crippen LogP) is 1.62. The Balaban J connectivity index is 1.63.